The summed E-state index contributed by atoms with van der Waals surface area (Å²) in [5.74, 6) is 0.0390. The molecule has 1 saturated heterocycles. The van der Waals surface area contributed by atoms with Crippen molar-refractivity contribution < 1.29 is 38.3 Å². The second-order valence-electron chi connectivity index (χ2n) is 7.88. The minimum Gasteiger partial charge on any atom is -0.502 e. The second kappa shape index (κ2) is 10.2. The summed E-state index contributed by atoms with van der Waals surface area (Å²) in [7, 11) is 7.01. The van der Waals surface area contributed by atoms with E-state index in [4.69, 9.17) is 28.4 Å². The maximum atomic E-state index is 13.9. The van der Waals surface area contributed by atoms with E-state index in [2.05, 4.69) is 0 Å². The fraction of sp³-hybridized carbons (Fsp3) is 0.360. The van der Waals surface area contributed by atoms with Crippen LogP contribution in [0.1, 0.15) is 10.5 Å². The quantitative estimate of drug-likeness (QED) is 0.484. The number of ether oxygens (including phenoxy) is 6. The number of aromatic hydroxyl groups is 1. The first-order chi connectivity index (χ1) is 17.4. The summed E-state index contributed by atoms with van der Waals surface area (Å²) >= 11 is 0. The number of phenolic OH excluding ortho intramolecular Hbond substituents is 1. The molecule has 0 unspecified atom stereocenters. The van der Waals surface area contributed by atoms with Crippen molar-refractivity contribution in [2.75, 3.05) is 66.9 Å². The van der Waals surface area contributed by atoms with Gasteiger partial charge in [-0.05, 0) is 29.8 Å². The van der Waals surface area contributed by atoms with E-state index in [1.807, 2.05) is 0 Å². The van der Waals surface area contributed by atoms with E-state index in [9.17, 15) is 14.7 Å². The molecule has 0 saturated carbocycles. The number of pyridine rings is 1. The van der Waals surface area contributed by atoms with Gasteiger partial charge >= 0.3 is 5.97 Å². The van der Waals surface area contributed by atoms with Gasteiger partial charge in [0, 0.05) is 10.9 Å². The zero-order valence-electron chi connectivity index (χ0n) is 20.7. The molecule has 192 valence electrons. The van der Waals surface area contributed by atoms with Gasteiger partial charge in [-0.25, -0.2) is 9.47 Å². The highest BCUT2D eigenvalue weighted by Crippen LogP contribution is 2.44. The summed E-state index contributed by atoms with van der Waals surface area (Å²) in [5, 5.41) is 12.9. The van der Waals surface area contributed by atoms with Crippen LogP contribution in [0.25, 0.3) is 21.9 Å². The molecule has 36 heavy (non-hydrogen) atoms. The minimum absolute atomic E-state index is 0.00100. The zero-order chi connectivity index (χ0) is 26.0. The predicted octanol–water partition coefficient (Wildman–Crippen LogP) is 2.16. The number of morpholine rings is 1. The average Bonchev–Trinajstić information content (AvgIpc) is 2.92. The first kappa shape index (κ1) is 25.0. The Morgan fingerprint density at radius 1 is 0.833 bits per heavy atom. The van der Waals surface area contributed by atoms with Gasteiger partial charge < -0.3 is 38.5 Å². The molecular formula is C25H28N2O9. The number of benzene rings is 2. The molecule has 1 aliphatic heterocycles. The zero-order valence-corrected chi connectivity index (χ0v) is 20.7. The molecule has 0 atom stereocenters. The van der Waals surface area contributed by atoms with Crippen LogP contribution in [0, 0.1) is 0 Å². The van der Waals surface area contributed by atoms with Gasteiger partial charge in [0.05, 0.1) is 67.2 Å². The fourth-order valence-electron chi connectivity index (χ4n) is 4.35. The molecule has 0 amide bonds. The molecule has 2 heterocycles. The second-order valence-corrected chi connectivity index (χ2v) is 7.88. The lowest BCUT2D eigenvalue weighted by molar-refractivity contribution is 0.0580. The highest BCUT2D eigenvalue weighted by molar-refractivity contribution is 6.08. The summed E-state index contributed by atoms with van der Waals surface area (Å²) < 4.78 is 33.6. The van der Waals surface area contributed by atoms with Crippen LogP contribution in [0.4, 0.5) is 0 Å². The molecule has 0 radical (unpaired) electrons. The third kappa shape index (κ3) is 4.11. The summed E-state index contributed by atoms with van der Waals surface area (Å²) in [6.07, 6.45) is 0. The number of aromatic nitrogens is 1. The van der Waals surface area contributed by atoms with Crippen molar-refractivity contribution in [1.29, 1.82) is 0 Å². The van der Waals surface area contributed by atoms with E-state index in [0.717, 1.165) is 0 Å². The molecule has 2 aromatic carbocycles. The summed E-state index contributed by atoms with van der Waals surface area (Å²) in [6.45, 7) is 1.52. The molecular weight excluding hydrogens is 472 g/mol. The molecule has 0 bridgehead atoms. The van der Waals surface area contributed by atoms with Crippen molar-refractivity contribution >= 4 is 16.7 Å². The van der Waals surface area contributed by atoms with Gasteiger partial charge in [0.15, 0.2) is 28.7 Å². The number of carbonyl (C=O) groups excluding carboxylic acids is 1. The molecule has 1 aromatic heterocycles. The Morgan fingerprint density at radius 2 is 1.36 bits per heavy atom. The summed E-state index contributed by atoms with van der Waals surface area (Å²) in [4.78, 5) is 27.2. The van der Waals surface area contributed by atoms with E-state index in [1.165, 1.54) is 40.2 Å². The predicted molar refractivity (Wildman–Crippen MR) is 132 cm³/mol. The van der Waals surface area contributed by atoms with E-state index in [0.29, 0.717) is 54.3 Å². The minimum atomic E-state index is -0.726. The number of phenols is 1. The van der Waals surface area contributed by atoms with Crippen molar-refractivity contribution in [3.05, 3.63) is 40.3 Å². The summed E-state index contributed by atoms with van der Waals surface area (Å²) in [6, 6.07) is 6.33. The third-order valence-electron chi connectivity index (χ3n) is 6.08. The van der Waals surface area contributed by atoms with Crippen LogP contribution in [0.3, 0.4) is 0 Å². The van der Waals surface area contributed by atoms with Gasteiger partial charge in [-0.3, -0.25) is 4.79 Å². The van der Waals surface area contributed by atoms with Crippen LogP contribution in [0.5, 0.6) is 28.7 Å². The van der Waals surface area contributed by atoms with Crippen molar-refractivity contribution in [2.45, 2.75) is 0 Å². The molecule has 4 rings (SSSR count). The fourth-order valence-corrected chi connectivity index (χ4v) is 4.35. The Labute approximate surface area is 207 Å². The van der Waals surface area contributed by atoms with Gasteiger partial charge in [0.1, 0.15) is 0 Å². The van der Waals surface area contributed by atoms with Gasteiger partial charge in [-0.2, -0.15) is 0 Å². The van der Waals surface area contributed by atoms with Crippen LogP contribution in [0.15, 0.2) is 29.1 Å². The molecule has 0 aliphatic carbocycles. The Balaban J connectivity index is 2.23. The van der Waals surface area contributed by atoms with Crippen molar-refractivity contribution in [2.24, 2.45) is 0 Å². The number of nitrogens with zero attached hydrogens (tertiary/aromatic N) is 2. The Morgan fingerprint density at radius 3 is 1.86 bits per heavy atom. The Bertz CT molecular complexity index is 1340. The molecule has 1 fully saturated rings. The maximum absolute atomic E-state index is 13.9. The van der Waals surface area contributed by atoms with Crippen molar-refractivity contribution in [3.8, 4) is 39.9 Å². The number of carbonyl (C=O) groups is 1. The van der Waals surface area contributed by atoms with Gasteiger partial charge in [-0.1, -0.05) is 0 Å². The first-order valence-electron chi connectivity index (χ1n) is 11.1. The Hall–Kier alpha value is -4.12. The number of esters is 1. The van der Waals surface area contributed by atoms with E-state index in [1.54, 1.807) is 29.3 Å². The molecule has 11 heteroatoms. The van der Waals surface area contributed by atoms with Crippen LogP contribution < -0.4 is 29.5 Å². The molecule has 3 aromatic rings. The van der Waals surface area contributed by atoms with Crippen LogP contribution in [-0.2, 0) is 9.47 Å². The van der Waals surface area contributed by atoms with Crippen molar-refractivity contribution in [3.63, 3.8) is 0 Å². The van der Waals surface area contributed by atoms with Crippen LogP contribution in [0.2, 0.25) is 0 Å². The van der Waals surface area contributed by atoms with Crippen molar-refractivity contribution in [1.82, 2.24) is 4.68 Å². The molecule has 1 aliphatic rings. The topological polar surface area (TPSA) is 118 Å². The first-order valence-corrected chi connectivity index (χ1v) is 11.1. The van der Waals surface area contributed by atoms with Gasteiger partial charge in [0.25, 0.3) is 5.56 Å². The lowest BCUT2D eigenvalue weighted by atomic mass is 9.95. The van der Waals surface area contributed by atoms with Gasteiger partial charge in [-0.15, -0.1) is 0 Å². The van der Waals surface area contributed by atoms with E-state index < -0.39 is 11.5 Å². The number of hydrogen-bond acceptors (Lipinski definition) is 10. The lowest BCUT2D eigenvalue weighted by Crippen LogP contribution is -2.51. The normalized spacial score (nSPS) is 13.4. The average molecular weight is 501 g/mol. The maximum Gasteiger partial charge on any atom is 0.357 e. The highest BCUT2D eigenvalue weighted by Gasteiger charge is 2.30. The smallest absolute Gasteiger partial charge is 0.357 e. The summed E-state index contributed by atoms with van der Waals surface area (Å²) in [5.41, 5.74) is 0.371. The standard InChI is InChI=1S/C25H28N2O9/c1-31-17-12-15-16(13-18(17)32-2)24(29)27(26-6-8-36-9-7-26)22(25(30)35-5)21(15)14-10-19(33-3)23(28)20(11-14)34-4/h10-13,28H,6-9H2,1-5H3. The molecule has 1 N–H and O–H groups in total. The number of rotatable bonds is 7. The highest BCUT2D eigenvalue weighted by atomic mass is 16.5. The van der Waals surface area contributed by atoms with E-state index in [-0.39, 0.29) is 28.3 Å². The molecule has 0 spiro atoms. The lowest BCUT2D eigenvalue weighted by Gasteiger charge is -2.33. The van der Waals surface area contributed by atoms with Gasteiger partial charge in [0.2, 0.25) is 5.75 Å². The third-order valence-corrected chi connectivity index (χ3v) is 6.08. The van der Waals surface area contributed by atoms with E-state index >= 15 is 0 Å². The van der Waals surface area contributed by atoms with Crippen LogP contribution >= 0.6 is 0 Å². The number of fused-ring (bicyclic) bond motifs is 1. The largest absolute Gasteiger partial charge is 0.502 e. The number of methoxy groups -OCH3 is 5. The molecule has 11 nitrogen and oxygen atoms in total. The monoisotopic (exact) mass is 500 g/mol. The SMILES string of the molecule is COC(=O)c1c(-c2cc(OC)c(O)c(OC)c2)c2cc(OC)c(OC)cc2c(=O)n1N1CCOCC1. The number of hydrogen-bond donors (Lipinski definition) is 1. The Kier molecular flexibility index (Phi) is 7.11. The van der Waals surface area contributed by atoms with Crippen LogP contribution in [-0.4, -0.2) is 77.6 Å².